The van der Waals surface area contributed by atoms with Gasteiger partial charge >= 0.3 is 0 Å². The number of hydrogen-bond acceptors (Lipinski definition) is 2. The van der Waals surface area contributed by atoms with Gasteiger partial charge in [0.2, 0.25) is 0 Å². The summed E-state index contributed by atoms with van der Waals surface area (Å²) >= 11 is 5.36. The van der Waals surface area contributed by atoms with Crippen molar-refractivity contribution < 1.29 is 5.11 Å². The Kier molecular flexibility index (Phi) is 5.17. The number of aryl methyl sites for hydroxylation is 2. The van der Waals surface area contributed by atoms with Crippen LogP contribution in [0.5, 0.6) is 5.75 Å². The van der Waals surface area contributed by atoms with Crippen molar-refractivity contribution >= 4 is 28.7 Å². The highest BCUT2D eigenvalue weighted by Crippen LogP contribution is 2.25. The van der Waals surface area contributed by atoms with E-state index in [0.29, 0.717) is 10.8 Å². The second-order valence-electron chi connectivity index (χ2n) is 4.75. The minimum atomic E-state index is 0.182. The summed E-state index contributed by atoms with van der Waals surface area (Å²) in [6, 6.07) is 13.3. The Balaban J connectivity index is 2.18. The standard InChI is InChI=1S/C17H20N2OS/c1-3-12-8-7-9-13(4-2)16(12)19-17(21)18-14-10-5-6-11-15(14)20/h5-11,20H,3-4H2,1-2H3,(H2,18,19,21). The number of thiocarbonyl (C=S) groups is 1. The summed E-state index contributed by atoms with van der Waals surface area (Å²) in [6.07, 6.45) is 1.88. The molecule has 0 saturated carbocycles. The molecule has 0 unspecified atom stereocenters. The van der Waals surface area contributed by atoms with Gasteiger partial charge in [-0.2, -0.15) is 0 Å². The van der Waals surface area contributed by atoms with E-state index in [1.165, 1.54) is 11.1 Å². The van der Waals surface area contributed by atoms with E-state index >= 15 is 0 Å². The molecule has 0 bridgehead atoms. The van der Waals surface area contributed by atoms with Gasteiger partial charge in [0.05, 0.1) is 5.69 Å². The quantitative estimate of drug-likeness (QED) is 0.581. The molecule has 0 aliphatic heterocycles. The second-order valence-corrected chi connectivity index (χ2v) is 5.16. The summed E-state index contributed by atoms with van der Waals surface area (Å²) in [7, 11) is 0. The lowest BCUT2D eigenvalue weighted by atomic mass is 10.0. The Labute approximate surface area is 131 Å². The molecule has 0 fully saturated rings. The molecule has 0 aromatic heterocycles. The van der Waals surface area contributed by atoms with Gasteiger partial charge in [0, 0.05) is 5.69 Å². The fraction of sp³-hybridized carbons (Fsp3) is 0.235. The highest BCUT2D eigenvalue weighted by atomic mass is 32.1. The SMILES string of the molecule is CCc1cccc(CC)c1NC(=S)Nc1ccccc1O. The number of phenolic OH excluding ortho intramolecular Hbond substituents is 1. The van der Waals surface area contributed by atoms with Gasteiger partial charge in [-0.05, 0) is 48.3 Å². The molecule has 0 aliphatic rings. The zero-order chi connectivity index (χ0) is 15.2. The highest BCUT2D eigenvalue weighted by molar-refractivity contribution is 7.80. The molecule has 0 radical (unpaired) electrons. The lowest BCUT2D eigenvalue weighted by Crippen LogP contribution is -2.21. The largest absolute Gasteiger partial charge is 0.506 e. The molecule has 4 heteroatoms. The lowest BCUT2D eigenvalue weighted by Gasteiger charge is -2.17. The molecule has 2 aromatic rings. The van der Waals surface area contributed by atoms with Crippen molar-refractivity contribution in [1.82, 2.24) is 0 Å². The first-order valence-corrected chi connectivity index (χ1v) is 7.53. The number of nitrogens with one attached hydrogen (secondary N) is 2. The molecule has 0 atom stereocenters. The van der Waals surface area contributed by atoms with E-state index < -0.39 is 0 Å². The van der Waals surface area contributed by atoms with Gasteiger partial charge in [0.15, 0.2) is 5.11 Å². The van der Waals surface area contributed by atoms with Crippen molar-refractivity contribution in [3.05, 3.63) is 53.6 Å². The van der Waals surface area contributed by atoms with Crippen LogP contribution in [0.4, 0.5) is 11.4 Å². The van der Waals surface area contributed by atoms with Gasteiger partial charge in [0.25, 0.3) is 0 Å². The van der Waals surface area contributed by atoms with Crippen LogP contribution in [-0.4, -0.2) is 10.2 Å². The van der Waals surface area contributed by atoms with Crippen LogP contribution in [0.25, 0.3) is 0 Å². The normalized spacial score (nSPS) is 10.2. The molecule has 0 amide bonds. The third-order valence-corrected chi connectivity index (χ3v) is 3.59. The maximum Gasteiger partial charge on any atom is 0.175 e. The number of anilines is 2. The van der Waals surface area contributed by atoms with E-state index in [9.17, 15) is 5.11 Å². The summed E-state index contributed by atoms with van der Waals surface area (Å²) in [6.45, 7) is 4.25. The van der Waals surface area contributed by atoms with E-state index in [1.807, 2.05) is 6.07 Å². The third kappa shape index (κ3) is 3.73. The fourth-order valence-corrected chi connectivity index (χ4v) is 2.46. The monoisotopic (exact) mass is 300 g/mol. The van der Waals surface area contributed by atoms with Crippen LogP contribution < -0.4 is 10.6 Å². The van der Waals surface area contributed by atoms with Gasteiger partial charge in [0.1, 0.15) is 5.75 Å². The molecule has 110 valence electrons. The molecule has 0 spiro atoms. The van der Waals surface area contributed by atoms with Crippen molar-refractivity contribution in [3.63, 3.8) is 0 Å². The van der Waals surface area contributed by atoms with Crippen molar-refractivity contribution in [1.29, 1.82) is 0 Å². The Bertz CT molecular complexity index is 618. The smallest absolute Gasteiger partial charge is 0.175 e. The van der Waals surface area contributed by atoms with Gasteiger partial charge in [-0.25, -0.2) is 0 Å². The van der Waals surface area contributed by atoms with Crippen LogP contribution in [0.3, 0.4) is 0 Å². The summed E-state index contributed by atoms with van der Waals surface area (Å²) in [4.78, 5) is 0. The number of hydrogen-bond donors (Lipinski definition) is 3. The summed E-state index contributed by atoms with van der Waals surface area (Å²) in [5.41, 5.74) is 4.13. The van der Waals surface area contributed by atoms with E-state index in [1.54, 1.807) is 18.2 Å². The van der Waals surface area contributed by atoms with Crippen LogP contribution >= 0.6 is 12.2 Å². The Hall–Kier alpha value is -2.07. The molecular formula is C17H20N2OS. The molecule has 3 nitrogen and oxygen atoms in total. The third-order valence-electron chi connectivity index (χ3n) is 3.39. The molecule has 0 aliphatic carbocycles. The maximum atomic E-state index is 9.78. The van der Waals surface area contributed by atoms with E-state index in [4.69, 9.17) is 12.2 Å². The van der Waals surface area contributed by atoms with Crippen LogP contribution in [0.1, 0.15) is 25.0 Å². The molecule has 2 aromatic carbocycles. The fourth-order valence-electron chi connectivity index (χ4n) is 2.25. The first kappa shape index (κ1) is 15.3. The van der Waals surface area contributed by atoms with Gasteiger partial charge in [-0.15, -0.1) is 0 Å². The second kappa shape index (κ2) is 7.09. The average Bonchev–Trinajstić information content (AvgIpc) is 2.49. The topological polar surface area (TPSA) is 44.3 Å². The Morgan fingerprint density at radius 1 is 0.952 bits per heavy atom. The summed E-state index contributed by atoms with van der Waals surface area (Å²) in [5.74, 6) is 0.182. The Morgan fingerprint density at radius 3 is 2.14 bits per heavy atom. The van der Waals surface area contributed by atoms with Crippen molar-refractivity contribution in [3.8, 4) is 5.75 Å². The van der Waals surface area contributed by atoms with Crippen LogP contribution in [-0.2, 0) is 12.8 Å². The number of phenols is 1. The molecular weight excluding hydrogens is 280 g/mol. The molecule has 0 heterocycles. The number of rotatable bonds is 4. The van der Waals surface area contributed by atoms with Crippen LogP contribution in [0.2, 0.25) is 0 Å². The zero-order valence-electron chi connectivity index (χ0n) is 12.3. The minimum absolute atomic E-state index is 0.182. The first-order chi connectivity index (χ1) is 10.2. The average molecular weight is 300 g/mol. The number of benzene rings is 2. The van der Waals surface area contributed by atoms with E-state index in [0.717, 1.165) is 18.5 Å². The molecule has 0 saturated heterocycles. The van der Waals surface area contributed by atoms with Gasteiger partial charge in [-0.1, -0.05) is 44.2 Å². The first-order valence-electron chi connectivity index (χ1n) is 7.12. The number of para-hydroxylation sites is 3. The van der Waals surface area contributed by atoms with E-state index in [2.05, 4.69) is 42.7 Å². The molecule has 21 heavy (non-hydrogen) atoms. The summed E-state index contributed by atoms with van der Waals surface area (Å²) in [5, 5.41) is 16.6. The van der Waals surface area contributed by atoms with Crippen molar-refractivity contribution in [2.24, 2.45) is 0 Å². The predicted octanol–water partition coefficient (Wildman–Crippen LogP) is 4.33. The number of aromatic hydroxyl groups is 1. The van der Waals surface area contributed by atoms with E-state index in [-0.39, 0.29) is 5.75 Å². The van der Waals surface area contributed by atoms with Crippen LogP contribution in [0.15, 0.2) is 42.5 Å². The van der Waals surface area contributed by atoms with Gasteiger partial charge < -0.3 is 15.7 Å². The zero-order valence-corrected chi connectivity index (χ0v) is 13.1. The Morgan fingerprint density at radius 2 is 1.57 bits per heavy atom. The summed E-state index contributed by atoms with van der Waals surface area (Å²) < 4.78 is 0. The predicted molar refractivity (Wildman–Crippen MR) is 93.1 cm³/mol. The van der Waals surface area contributed by atoms with Crippen molar-refractivity contribution in [2.45, 2.75) is 26.7 Å². The minimum Gasteiger partial charge on any atom is -0.506 e. The molecule has 3 N–H and O–H groups in total. The highest BCUT2D eigenvalue weighted by Gasteiger charge is 2.09. The lowest BCUT2D eigenvalue weighted by molar-refractivity contribution is 0.478. The van der Waals surface area contributed by atoms with Crippen LogP contribution in [0, 0.1) is 0 Å². The maximum absolute atomic E-state index is 9.78. The molecule has 2 rings (SSSR count). The van der Waals surface area contributed by atoms with Gasteiger partial charge in [-0.3, -0.25) is 0 Å². The van der Waals surface area contributed by atoms with Crippen molar-refractivity contribution in [2.75, 3.05) is 10.6 Å².